The van der Waals surface area contributed by atoms with Crippen molar-refractivity contribution < 1.29 is 23.8 Å². The van der Waals surface area contributed by atoms with Crippen LogP contribution in [-0.2, 0) is 19.0 Å². The molecule has 1 amide bonds. The van der Waals surface area contributed by atoms with Gasteiger partial charge >= 0.3 is 12.1 Å². The highest BCUT2D eigenvalue weighted by molar-refractivity contribution is 5.68. The minimum Gasteiger partial charge on any atom is -0.445 e. The van der Waals surface area contributed by atoms with Crippen LogP contribution >= 0.6 is 0 Å². The van der Waals surface area contributed by atoms with Crippen LogP contribution in [0.15, 0.2) is 12.7 Å². The minimum absolute atomic E-state index is 0.154. The van der Waals surface area contributed by atoms with Gasteiger partial charge in [0.2, 0.25) is 6.29 Å². The zero-order valence-corrected chi connectivity index (χ0v) is 9.97. The minimum atomic E-state index is -0.604. The Hall–Kier alpha value is -1.56. The summed E-state index contributed by atoms with van der Waals surface area (Å²) in [5, 5.41) is 2.64. The molecule has 0 bridgehead atoms. The summed E-state index contributed by atoms with van der Waals surface area (Å²) >= 11 is 0. The highest BCUT2D eigenvalue weighted by Gasteiger charge is 2.35. The van der Waals surface area contributed by atoms with E-state index < -0.39 is 18.4 Å². The van der Waals surface area contributed by atoms with Gasteiger partial charge in [-0.05, 0) is 6.92 Å². The molecule has 6 heteroatoms. The van der Waals surface area contributed by atoms with Gasteiger partial charge in [-0.15, -0.1) is 0 Å². The molecule has 96 valence electrons. The smallest absolute Gasteiger partial charge is 0.407 e. The maximum absolute atomic E-state index is 11.3. The summed E-state index contributed by atoms with van der Waals surface area (Å²) in [5.74, 6) is -0.405. The van der Waals surface area contributed by atoms with Crippen molar-refractivity contribution in [2.75, 3.05) is 6.61 Å². The molecule has 6 nitrogen and oxygen atoms in total. The molecule has 1 unspecified atom stereocenters. The number of rotatable bonds is 4. The van der Waals surface area contributed by atoms with Crippen molar-refractivity contribution in [1.29, 1.82) is 0 Å². The molecule has 1 saturated heterocycles. The Morgan fingerprint density at radius 2 is 2.29 bits per heavy atom. The van der Waals surface area contributed by atoms with E-state index in [1.165, 1.54) is 13.0 Å². The molecule has 0 aliphatic carbocycles. The Morgan fingerprint density at radius 1 is 1.59 bits per heavy atom. The van der Waals surface area contributed by atoms with E-state index in [0.717, 1.165) is 0 Å². The van der Waals surface area contributed by atoms with Gasteiger partial charge in [0.15, 0.2) is 0 Å². The van der Waals surface area contributed by atoms with Gasteiger partial charge in [0.05, 0.1) is 12.1 Å². The van der Waals surface area contributed by atoms with Gasteiger partial charge in [0, 0.05) is 13.3 Å². The molecule has 1 aliphatic heterocycles. The maximum Gasteiger partial charge on any atom is 0.407 e. The number of amides is 1. The Morgan fingerprint density at radius 3 is 2.88 bits per heavy atom. The lowest BCUT2D eigenvalue weighted by atomic mass is 10.1. The van der Waals surface area contributed by atoms with Gasteiger partial charge in [-0.1, -0.05) is 12.7 Å². The average molecular weight is 243 g/mol. The number of carbonyl (C=O) groups excluding carboxylic acids is 2. The quantitative estimate of drug-likeness (QED) is 0.588. The lowest BCUT2D eigenvalue weighted by Crippen LogP contribution is -2.39. The highest BCUT2D eigenvalue weighted by Crippen LogP contribution is 2.21. The van der Waals surface area contributed by atoms with Gasteiger partial charge in [0.1, 0.15) is 6.61 Å². The molecule has 1 N–H and O–H groups in total. The topological polar surface area (TPSA) is 73.9 Å². The second-order valence-corrected chi connectivity index (χ2v) is 3.75. The van der Waals surface area contributed by atoms with E-state index in [0.29, 0.717) is 6.42 Å². The highest BCUT2D eigenvalue weighted by atomic mass is 16.7. The molecular formula is C11H17NO5. The number of nitrogens with one attached hydrogen (secondary N) is 1. The summed E-state index contributed by atoms with van der Waals surface area (Å²) in [4.78, 5) is 22.0. The summed E-state index contributed by atoms with van der Waals surface area (Å²) in [6, 6.07) is -0.225. The standard InChI is InChI=1S/C11H17NO5/c1-4-5-15-11(14)12-9-6-10(16-7(9)2)17-8(3)13/h4,7,9-10H,1,5-6H2,2-3H3,(H,12,14)/t7-,9?,10+/m0/s1. The number of esters is 1. The van der Waals surface area contributed by atoms with Crippen LogP contribution in [0.4, 0.5) is 4.79 Å². The van der Waals surface area contributed by atoms with E-state index in [4.69, 9.17) is 14.2 Å². The van der Waals surface area contributed by atoms with Crippen LogP contribution in [0.2, 0.25) is 0 Å². The first kappa shape index (κ1) is 13.5. The summed E-state index contributed by atoms with van der Waals surface area (Å²) in [5.41, 5.74) is 0. The van der Waals surface area contributed by atoms with Crippen LogP contribution in [0.25, 0.3) is 0 Å². The predicted molar refractivity (Wildman–Crippen MR) is 59.2 cm³/mol. The third kappa shape index (κ3) is 4.44. The summed E-state index contributed by atoms with van der Waals surface area (Å²) in [6.45, 7) is 6.70. The number of alkyl carbamates (subject to hydrolysis) is 1. The van der Waals surface area contributed by atoms with Crippen LogP contribution in [0.1, 0.15) is 20.3 Å². The molecule has 1 aliphatic rings. The lowest BCUT2D eigenvalue weighted by molar-refractivity contribution is -0.171. The molecule has 1 heterocycles. The molecule has 1 rings (SSSR count). The first-order chi connectivity index (χ1) is 8.02. The molecule has 0 saturated carbocycles. The van der Waals surface area contributed by atoms with E-state index in [-0.39, 0.29) is 18.8 Å². The maximum atomic E-state index is 11.3. The van der Waals surface area contributed by atoms with Gasteiger partial charge in [-0.3, -0.25) is 4.79 Å². The molecule has 3 atom stereocenters. The first-order valence-electron chi connectivity index (χ1n) is 5.39. The van der Waals surface area contributed by atoms with Crippen LogP contribution in [0, 0.1) is 0 Å². The monoisotopic (exact) mass is 243 g/mol. The summed E-state index contributed by atoms with van der Waals surface area (Å²) in [6.07, 6.45) is 0.538. The Balaban J connectivity index is 2.37. The summed E-state index contributed by atoms with van der Waals surface area (Å²) < 4.78 is 15.0. The molecule has 0 aromatic carbocycles. The van der Waals surface area contributed by atoms with Crippen molar-refractivity contribution >= 4 is 12.1 Å². The fourth-order valence-corrected chi connectivity index (χ4v) is 1.55. The van der Waals surface area contributed by atoms with Gasteiger partial charge in [-0.2, -0.15) is 0 Å². The zero-order valence-electron chi connectivity index (χ0n) is 9.97. The Bertz CT molecular complexity index is 304. The van der Waals surface area contributed by atoms with E-state index in [1.807, 2.05) is 0 Å². The van der Waals surface area contributed by atoms with E-state index in [2.05, 4.69) is 11.9 Å². The molecule has 1 fully saturated rings. The average Bonchev–Trinajstić information content (AvgIpc) is 2.55. The van der Waals surface area contributed by atoms with Crippen molar-refractivity contribution in [3.63, 3.8) is 0 Å². The van der Waals surface area contributed by atoms with Crippen LogP contribution < -0.4 is 5.32 Å². The molecular weight excluding hydrogens is 226 g/mol. The van der Waals surface area contributed by atoms with Crippen LogP contribution in [0.5, 0.6) is 0 Å². The Kier molecular flexibility index (Phi) is 4.96. The van der Waals surface area contributed by atoms with Crippen molar-refractivity contribution in [2.24, 2.45) is 0 Å². The van der Waals surface area contributed by atoms with Crippen LogP contribution in [0.3, 0.4) is 0 Å². The third-order valence-corrected chi connectivity index (χ3v) is 2.31. The van der Waals surface area contributed by atoms with E-state index >= 15 is 0 Å². The number of hydrogen-bond donors (Lipinski definition) is 1. The van der Waals surface area contributed by atoms with E-state index in [1.54, 1.807) is 6.92 Å². The molecule has 17 heavy (non-hydrogen) atoms. The number of ether oxygens (including phenoxy) is 3. The van der Waals surface area contributed by atoms with Crippen molar-refractivity contribution in [1.82, 2.24) is 5.32 Å². The third-order valence-electron chi connectivity index (χ3n) is 2.31. The fourth-order valence-electron chi connectivity index (χ4n) is 1.55. The number of carbonyl (C=O) groups is 2. The SMILES string of the molecule is C=CCOC(=O)NC1C[C@@H](OC(C)=O)O[C@H]1C. The first-order valence-corrected chi connectivity index (χ1v) is 5.39. The van der Waals surface area contributed by atoms with Gasteiger partial charge in [0.25, 0.3) is 0 Å². The van der Waals surface area contributed by atoms with Gasteiger partial charge < -0.3 is 19.5 Å². The molecule has 0 spiro atoms. The van der Waals surface area contributed by atoms with Crippen molar-refractivity contribution in [2.45, 2.75) is 38.7 Å². The van der Waals surface area contributed by atoms with Crippen LogP contribution in [-0.4, -0.2) is 37.1 Å². The second kappa shape index (κ2) is 6.24. The van der Waals surface area contributed by atoms with E-state index in [9.17, 15) is 9.59 Å². The Labute approximate surface area is 99.9 Å². The second-order valence-electron chi connectivity index (χ2n) is 3.75. The number of hydrogen-bond acceptors (Lipinski definition) is 5. The summed E-state index contributed by atoms with van der Waals surface area (Å²) in [7, 11) is 0. The van der Waals surface area contributed by atoms with Crippen molar-refractivity contribution in [3.8, 4) is 0 Å². The molecule has 0 aromatic heterocycles. The lowest BCUT2D eigenvalue weighted by Gasteiger charge is -2.14. The largest absolute Gasteiger partial charge is 0.445 e. The van der Waals surface area contributed by atoms with Gasteiger partial charge in [-0.25, -0.2) is 4.79 Å². The predicted octanol–water partition coefficient (Wildman–Crippen LogP) is 0.965. The molecule has 0 radical (unpaired) electrons. The normalized spacial score (nSPS) is 27.3. The molecule has 0 aromatic rings. The zero-order chi connectivity index (χ0) is 12.8. The van der Waals surface area contributed by atoms with Crippen molar-refractivity contribution in [3.05, 3.63) is 12.7 Å². The fraction of sp³-hybridized carbons (Fsp3) is 0.636.